The van der Waals surface area contributed by atoms with Crippen molar-refractivity contribution in [1.82, 2.24) is 36.0 Å². The Morgan fingerprint density at radius 1 is 1.16 bits per heavy atom. The van der Waals surface area contributed by atoms with E-state index in [-0.39, 0.29) is 18.2 Å². The number of hydrogen-bond donors (Lipinski definition) is 2. The molecule has 168 valence electrons. The summed E-state index contributed by atoms with van der Waals surface area (Å²) in [7, 11) is 0. The highest BCUT2D eigenvalue weighted by molar-refractivity contribution is 7.17. The minimum atomic E-state index is -0.377. The van der Waals surface area contributed by atoms with Gasteiger partial charge in [0.15, 0.2) is 5.13 Å². The average molecular weight is 457 g/mol. The average Bonchev–Trinajstić information content (AvgIpc) is 3.45. The number of benzene rings is 1. The molecule has 0 atom stereocenters. The predicted octanol–water partition coefficient (Wildman–Crippen LogP) is 1.18. The molecule has 0 bridgehead atoms. The number of carbonyl (C=O) groups is 2. The van der Waals surface area contributed by atoms with Gasteiger partial charge in [-0.15, -0.1) is 10.2 Å². The number of hydrogen-bond acceptors (Lipinski definition) is 9. The van der Waals surface area contributed by atoms with Crippen LogP contribution in [0.15, 0.2) is 30.3 Å². The summed E-state index contributed by atoms with van der Waals surface area (Å²) < 4.78 is 5.35. The van der Waals surface area contributed by atoms with E-state index in [1.807, 2.05) is 30.3 Å². The van der Waals surface area contributed by atoms with Gasteiger partial charge in [-0.05, 0) is 18.6 Å². The van der Waals surface area contributed by atoms with E-state index in [1.54, 1.807) is 6.92 Å². The Kier molecular flexibility index (Phi) is 7.02. The third-order valence-corrected chi connectivity index (χ3v) is 6.05. The molecule has 1 aromatic carbocycles. The van der Waals surface area contributed by atoms with Crippen molar-refractivity contribution >= 4 is 28.3 Å². The molecule has 12 heteroatoms. The van der Waals surface area contributed by atoms with Gasteiger partial charge in [-0.25, -0.2) is 4.98 Å². The summed E-state index contributed by atoms with van der Waals surface area (Å²) >= 11 is 1.31. The standard InChI is InChI=1S/C20H24N8O3S/c1-14-17(32-20(21-14)27-10-12-31-13-11-27)19(30)24-22-16(29)8-5-9-28-25-18(23-26-28)15-6-3-2-4-7-15/h2-4,6-7H,5,8-13H2,1H3,(H,22,29)(H,24,30). The lowest BCUT2D eigenvalue weighted by Crippen LogP contribution is -2.41. The highest BCUT2D eigenvalue weighted by Crippen LogP contribution is 2.26. The van der Waals surface area contributed by atoms with Gasteiger partial charge < -0.3 is 9.64 Å². The number of aromatic nitrogens is 5. The molecule has 3 aromatic rings. The number of aryl methyl sites for hydroxylation is 2. The van der Waals surface area contributed by atoms with Gasteiger partial charge in [0.1, 0.15) is 4.88 Å². The minimum Gasteiger partial charge on any atom is -0.378 e. The number of ether oxygens (including phenoxy) is 1. The zero-order valence-corrected chi connectivity index (χ0v) is 18.5. The molecule has 1 aliphatic rings. The van der Waals surface area contributed by atoms with Crippen molar-refractivity contribution in [3.8, 4) is 11.4 Å². The van der Waals surface area contributed by atoms with Crippen LogP contribution >= 0.6 is 11.3 Å². The monoisotopic (exact) mass is 456 g/mol. The Bertz CT molecular complexity index is 1060. The molecule has 2 amide bonds. The van der Waals surface area contributed by atoms with Gasteiger partial charge in [0, 0.05) is 25.1 Å². The smallest absolute Gasteiger partial charge is 0.281 e. The highest BCUT2D eigenvalue weighted by Gasteiger charge is 2.20. The van der Waals surface area contributed by atoms with E-state index in [2.05, 4.69) is 36.1 Å². The lowest BCUT2D eigenvalue weighted by atomic mass is 10.2. The van der Waals surface area contributed by atoms with Crippen molar-refractivity contribution in [2.24, 2.45) is 0 Å². The van der Waals surface area contributed by atoms with Gasteiger partial charge in [-0.2, -0.15) is 4.80 Å². The third kappa shape index (κ3) is 5.45. The van der Waals surface area contributed by atoms with Crippen LogP contribution in [0.25, 0.3) is 11.4 Å². The fourth-order valence-corrected chi connectivity index (χ4v) is 4.16. The second-order valence-corrected chi connectivity index (χ2v) is 8.17. The van der Waals surface area contributed by atoms with Gasteiger partial charge in [0.25, 0.3) is 5.91 Å². The summed E-state index contributed by atoms with van der Waals surface area (Å²) in [4.78, 5) is 33.1. The fraction of sp³-hybridized carbons (Fsp3) is 0.400. The maximum absolute atomic E-state index is 12.5. The van der Waals surface area contributed by atoms with Gasteiger partial charge in [-0.1, -0.05) is 41.7 Å². The van der Waals surface area contributed by atoms with Crippen molar-refractivity contribution in [2.75, 3.05) is 31.2 Å². The van der Waals surface area contributed by atoms with Gasteiger partial charge in [0.2, 0.25) is 11.7 Å². The Labute approximate surface area is 188 Å². The number of anilines is 1. The summed E-state index contributed by atoms with van der Waals surface area (Å²) in [5.41, 5.74) is 6.44. The molecule has 1 fully saturated rings. The van der Waals surface area contributed by atoms with E-state index in [4.69, 9.17) is 4.74 Å². The molecule has 0 saturated carbocycles. The van der Waals surface area contributed by atoms with Crippen LogP contribution in [0.4, 0.5) is 5.13 Å². The molecule has 1 aliphatic heterocycles. The van der Waals surface area contributed by atoms with Crippen LogP contribution in [0.1, 0.15) is 28.2 Å². The van der Waals surface area contributed by atoms with E-state index in [0.29, 0.717) is 42.6 Å². The molecule has 11 nitrogen and oxygen atoms in total. The molecule has 4 rings (SSSR count). The van der Waals surface area contributed by atoms with E-state index < -0.39 is 0 Å². The molecule has 2 N–H and O–H groups in total. The van der Waals surface area contributed by atoms with E-state index in [9.17, 15) is 9.59 Å². The van der Waals surface area contributed by atoms with Crippen LogP contribution in [0.2, 0.25) is 0 Å². The molecule has 3 heterocycles. The number of amides is 2. The second-order valence-electron chi connectivity index (χ2n) is 7.19. The number of carbonyl (C=O) groups excluding carboxylic acids is 2. The first-order chi connectivity index (χ1) is 15.6. The first-order valence-corrected chi connectivity index (χ1v) is 11.1. The van der Waals surface area contributed by atoms with Crippen molar-refractivity contribution < 1.29 is 14.3 Å². The SMILES string of the molecule is Cc1nc(N2CCOCC2)sc1C(=O)NNC(=O)CCCn1nnc(-c2ccccc2)n1. The second kappa shape index (κ2) is 10.3. The van der Waals surface area contributed by atoms with Crippen LogP contribution < -0.4 is 15.8 Å². The number of morpholine rings is 1. The van der Waals surface area contributed by atoms with Crippen molar-refractivity contribution in [1.29, 1.82) is 0 Å². The lowest BCUT2D eigenvalue weighted by Gasteiger charge is -2.25. The summed E-state index contributed by atoms with van der Waals surface area (Å²) in [5.74, 6) is -0.130. The molecule has 0 unspecified atom stereocenters. The summed E-state index contributed by atoms with van der Waals surface area (Å²) in [6.45, 7) is 5.02. The predicted molar refractivity (Wildman–Crippen MR) is 118 cm³/mol. The van der Waals surface area contributed by atoms with Gasteiger partial charge in [-0.3, -0.25) is 20.4 Å². The maximum Gasteiger partial charge on any atom is 0.281 e. The molecular formula is C20H24N8O3S. The number of thiazole rings is 1. The summed E-state index contributed by atoms with van der Waals surface area (Å²) in [5, 5.41) is 13.1. The third-order valence-electron chi connectivity index (χ3n) is 4.84. The van der Waals surface area contributed by atoms with Crippen LogP contribution in [-0.4, -0.2) is 63.3 Å². The number of nitrogens with one attached hydrogen (secondary N) is 2. The van der Waals surface area contributed by atoms with Crippen molar-refractivity contribution in [3.63, 3.8) is 0 Å². The van der Waals surface area contributed by atoms with Crippen molar-refractivity contribution in [2.45, 2.75) is 26.3 Å². The molecule has 0 aliphatic carbocycles. The highest BCUT2D eigenvalue weighted by atomic mass is 32.1. The first-order valence-electron chi connectivity index (χ1n) is 10.3. The molecule has 0 radical (unpaired) electrons. The molecule has 1 saturated heterocycles. The molecule has 0 spiro atoms. The lowest BCUT2D eigenvalue weighted by molar-refractivity contribution is -0.122. The van der Waals surface area contributed by atoms with Crippen LogP contribution in [0.3, 0.4) is 0 Å². The number of hydrazine groups is 1. The van der Waals surface area contributed by atoms with Gasteiger partial charge >= 0.3 is 0 Å². The summed E-state index contributed by atoms with van der Waals surface area (Å²) in [6, 6.07) is 9.56. The van der Waals surface area contributed by atoms with Crippen molar-refractivity contribution in [3.05, 3.63) is 40.9 Å². The maximum atomic E-state index is 12.5. The molecule has 32 heavy (non-hydrogen) atoms. The zero-order chi connectivity index (χ0) is 22.3. The Morgan fingerprint density at radius 2 is 1.94 bits per heavy atom. The van der Waals surface area contributed by atoms with E-state index >= 15 is 0 Å². The number of rotatable bonds is 7. The van der Waals surface area contributed by atoms with Crippen LogP contribution in [0, 0.1) is 6.92 Å². The van der Waals surface area contributed by atoms with Crippen LogP contribution in [0.5, 0.6) is 0 Å². The Morgan fingerprint density at radius 3 is 2.72 bits per heavy atom. The summed E-state index contributed by atoms with van der Waals surface area (Å²) in [6.07, 6.45) is 0.719. The quantitative estimate of drug-likeness (QED) is 0.508. The first kappa shape index (κ1) is 21.8. The van der Waals surface area contributed by atoms with Crippen LogP contribution in [-0.2, 0) is 16.1 Å². The minimum absolute atomic E-state index is 0.211. The molecular weight excluding hydrogens is 432 g/mol. The van der Waals surface area contributed by atoms with E-state index in [0.717, 1.165) is 23.8 Å². The zero-order valence-electron chi connectivity index (χ0n) is 17.7. The number of tetrazole rings is 1. The topological polar surface area (TPSA) is 127 Å². The van der Waals surface area contributed by atoms with Gasteiger partial charge in [0.05, 0.1) is 25.5 Å². The fourth-order valence-electron chi connectivity index (χ4n) is 3.15. The Balaban J connectivity index is 1.21. The Hall–Kier alpha value is -3.38. The largest absolute Gasteiger partial charge is 0.378 e. The normalized spacial score (nSPS) is 13.7. The van der Waals surface area contributed by atoms with E-state index in [1.165, 1.54) is 16.1 Å². The molecule has 2 aromatic heterocycles. The number of nitrogens with zero attached hydrogens (tertiary/aromatic N) is 6.